The maximum atomic E-state index is 13.2. The number of aryl methyl sites for hydroxylation is 3. The standard InChI is InChI=1S/C19H25N3O3/c1-7-21-17(11-14(5)20-21)18(23)22(12(2)3)16-9-8-15(10-13(16)4)19(24)25-6/h8-12H,7H2,1-6H3. The van der Waals surface area contributed by atoms with E-state index in [0.29, 0.717) is 17.8 Å². The van der Waals surface area contributed by atoms with E-state index in [9.17, 15) is 9.59 Å². The molecule has 0 aliphatic carbocycles. The molecule has 6 heteroatoms. The fraction of sp³-hybridized carbons (Fsp3) is 0.421. The van der Waals surface area contributed by atoms with Gasteiger partial charge >= 0.3 is 5.97 Å². The molecule has 0 fully saturated rings. The molecule has 1 amide bonds. The van der Waals surface area contributed by atoms with Crippen LogP contribution in [-0.2, 0) is 11.3 Å². The Morgan fingerprint density at radius 2 is 1.92 bits per heavy atom. The predicted octanol–water partition coefficient (Wildman–Crippen LogP) is 3.36. The van der Waals surface area contributed by atoms with Crippen LogP contribution in [0.15, 0.2) is 24.3 Å². The molecule has 0 bridgehead atoms. The summed E-state index contributed by atoms with van der Waals surface area (Å²) in [5.74, 6) is -0.497. The van der Waals surface area contributed by atoms with Crippen LogP contribution in [0.5, 0.6) is 0 Å². The first-order chi connectivity index (χ1) is 11.8. The second kappa shape index (κ2) is 7.51. The molecule has 0 atom stereocenters. The molecule has 0 radical (unpaired) electrons. The lowest BCUT2D eigenvalue weighted by atomic mass is 10.1. The third kappa shape index (κ3) is 3.73. The van der Waals surface area contributed by atoms with Crippen LogP contribution in [-0.4, -0.2) is 34.8 Å². The average Bonchev–Trinajstić information content (AvgIpc) is 2.96. The van der Waals surface area contributed by atoms with Crippen molar-refractivity contribution in [1.82, 2.24) is 9.78 Å². The first kappa shape index (κ1) is 18.7. The SMILES string of the molecule is CCn1nc(C)cc1C(=O)N(c1ccc(C(=O)OC)cc1C)C(C)C. The molecule has 25 heavy (non-hydrogen) atoms. The summed E-state index contributed by atoms with van der Waals surface area (Å²) in [7, 11) is 1.35. The molecule has 0 saturated carbocycles. The van der Waals surface area contributed by atoms with Gasteiger partial charge in [-0.3, -0.25) is 9.48 Å². The van der Waals surface area contributed by atoms with Crippen LogP contribution >= 0.6 is 0 Å². The quantitative estimate of drug-likeness (QED) is 0.781. The van der Waals surface area contributed by atoms with E-state index in [4.69, 9.17) is 4.74 Å². The molecule has 2 rings (SSSR count). The van der Waals surface area contributed by atoms with Crippen molar-refractivity contribution in [3.63, 3.8) is 0 Å². The van der Waals surface area contributed by atoms with Gasteiger partial charge in [0.05, 0.1) is 18.4 Å². The van der Waals surface area contributed by atoms with Gasteiger partial charge in [-0.15, -0.1) is 0 Å². The van der Waals surface area contributed by atoms with Crippen molar-refractivity contribution in [3.8, 4) is 0 Å². The van der Waals surface area contributed by atoms with Crippen LogP contribution in [0.1, 0.15) is 52.9 Å². The molecule has 134 valence electrons. The van der Waals surface area contributed by atoms with Gasteiger partial charge < -0.3 is 9.64 Å². The van der Waals surface area contributed by atoms with Crippen LogP contribution in [0, 0.1) is 13.8 Å². The van der Waals surface area contributed by atoms with Crippen molar-refractivity contribution >= 4 is 17.6 Å². The molecule has 0 N–H and O–H groups in total. The molecule has 0 saturated heterocycles. The first-order valence-corrected chi connectivity index (χ1v) is 8.37. The number of ether oxygens (including phenoxy) is 1. The van der Waals surface area contributed by atoms with Gasteiger partial charge in [0.15, 0.2) is 0 Å². The normalized spacial score (nSPS) is 10.8. The van der Waals surface area contributed by atoms with Crippen molar-refractivity contribution in [3.05, 3.63) is 46.8 Å². The van der Waals surface area contributed by atoms with Crippen molar-refractivity contribution in [2.75, 3.05) is 12.0 Å². The first-order valence-electron chi connectivity index (χ1n) is 8.37. The highest BCUT2D eigenvalue weighted by atomic mass is 16.5. The Bertz CT molecular complexity index is 793. The smallest absolute Gasteiger partial charge is 0.337 e. The highest BCUT2D eigenvalue weighted by Crippen LogP contribution is 2.26. The Labute approximate surface area is 148 Å². The zero-order valence-electron chi connectivity index (χ0n) is 15.7. The predicted molar refractivity (Wildman–Crippen MR) is 97.1 cm³/mol. The van der Waals surface area contributed by atoms with Gasteiger partial charge in [-0.25, -0.2) is 4.79 Å². The number of aromatic nitrogens is 2. The number of esters is 1. The van der Waals surface area contributed by atoms with E-state index >= 15 is 0 Å². The number of rotatable bonds is 5. The number of amides is 1. The highest BCUT2D eigenvalue weighted by molar-refractivity contribution is 6.06. The summed E-state index contributed by atoms with van der Waals surface area (Å²) in [5, 5.41) is 4.36. The maximum Gasteiger partial charge on any atom is 0.337 e. The molecule has 2 aromatic rings. The van der Waals surface area contributed by atoms with Crippen LogP contribution in [0.4, 0.5) is 5.69 Å². The maximum absolute atomic E-state index is 13.2. The third-order valence-electron chi connectivity index (χ3n) is 4.03. The van der Waals surface area contributed by atoms with E-state index in [-0.39, 0.29) is 11.9 Å². The summed E-state index contributed by atoms with van der Waals surface area (Å²) in [6, 6.07) is 6.97. The lowest BCUT2D eigenvalue weighted by Gasteiger charge is -2.28. The molecule has 6 nitrogen and oxygen atoms in total. The number of hydrogen-bond acceptors (Lipinski definition) is 4. The zero-order valence-corrected chi connectivity index (χ0v) is 15.7. The molecule has 0 aliphatic rings. The summed E-state index contributed by atoms with van der Waals surface area (Å²) in [6.07, 6.45) is 0. The largest absolute Gasteiger partial charge is 0.465 e. The van der Waals surface area contributed by atoms with Gasteiger partial charge in [-0.2, -0.15) is 5.10 Å². The zero-order chi connectivity index (χ0) is 18.7. The van der Waals surface area contributed by atoms with Gasteiger partial charge in [-0.1, -0.05) is 0 Å². The molecule has 1 aromatic carbocycles. The van der Waals surface area contributed by atoms with E-state index in [1.54, 1.807) is 33.8 Å². The fourth-order valence-electron chi connectivity index (χ4n) is 2.87. The average molecular weight is 343 g/mol. The minimum absolute atomic E-state index is 0.0457. The van der Waals surface area contributed by atoms with E-state index in [1.165, 1.54) is 7.11 Å². The van der Waals surface area contributed by atoms with Crippen LogP contribution in [0.25, 0.3) is 0 Å². The molecular formula is C19H25N3O3. The summed E-state index contributed by atoms with van der Waals surface area (Å²) >= 11 is 0. The number of hydrogen-bond donors (Lipinski definition) is 0. The summed E-state index contributed by atoms with van der Waals surface area (Å²) in [5.41, 5.74) is 3.45. The fourth-order valence-corrected chi connectivity index (χ4v) is 2.87. The summed E-state index contributed by atoms with van der Waals surface area (Å²) < 4.78 is 6.47. The van der Waals surface area contributed by atoms with Gasteiger partial charge in [0, 0.05) is 18.3 Å². The summed E-state index contributed by atoms with van der Waals surface area (Å²) in [6.45, 7) is 10.3. The molecule has 1 aromatic heterocycles. The number of carbonyl (C=O) groups is 2. The van der Waals surface area contributed by atoms with Crippen molar-refractivity contribution in [2.45, 2.75) is 47.2 Å². The Kier molecular flexibility index (Phi) is 5.62. The Hall–Kier alpha value is -2.63. The third-order valence-corrected chi connectivity index (χ3v) is 4.03. The molecule has 0 unspecified atom stereocenters. The van der Waals surface area contributed by atoms with Crippen LogP contribution in [0.3, 0.4) is 0 Å². The van der Waals surface area contributed by atoms with Crippen LogP contribution < -0.4 is 4.90 Å². The van der Waals surface area contributed by atoms with Gasteiger partial charge in [0.1, 0.15) is 5.69 Å². The molecule has 0 spiro atoms. The van der Waals surface area contributed by atoms with E-state index in [1.807, 2.05) is 34.6 Å². The Morgan fingerprint density at radius 1 is 1.24 bits per heavy atom. The Balaban J connectivity index is 2.48. The Morgan fingerprint density at radius 3 is 2.44 bits per heavy atom. The second-order valence-electron chi connectivity index (χ2n) is 6.25. The second-order valence-corrected chi connectivity index (χ2v) is 6.25. The van der Waals surface area contributed by atoms with Crippen molar-refractivity contribution in [1.29, 1.82) is 0 Å². The van der Waals surface area contributed by atoms with Crippen LogP contribution in [0.2, 0.25) is 0 Å². The minimum Gasteiger partial charge on any atom is -0.465 e. The highest BCUT2D eigenvalue weighted by Gasteiger charge is 2.25. The van der Waals surface area contributed by atoms with Gasteiger partial charge in [0.25, 0.3) is 5.91 Å². The van der Waals surface area contributed by atoms with E-state index in [0.717, 1.165) is 16.9 Å². The lowest BCUT2D eigenvalue weighted by molar-refractivity contribution is 0.0600. The number of benzene rings is 1. The number of nitrogens with zero attached hydrogens (tertiary/aromatic N) is 3. The monoisotopic (exact) mass is 343 g/mol. The van der Waals surface area contributed by atoms with Crippen molar-refractivity contribution < 1.29 is 14.3 Å². The van der Waals surface area contributed by atoms with Crippen molar-refractivity contribution in [2.24, 2.45) is 0 Å². The molecule has 0 aliphatic heterocycles. The van der Waals surface area contributed by atoms with E-state index in [2.05, 4.69) is 5.10 Å². The number of anilines is 1. The molecule has 1 heterocycles. The molecular weight excluding hydrogens is 318 g/mol. The lowest BCUT2D eigenvalue weighted by Crippen LogP contribution is -2.38. The van der Waals surface area contributed by atoms with Gasteiger partial charge in [-0.05, 0) is 64.4 Å². The number of methoxy groups -OCH3 is 1. The minimum atomic E-state index is -0.392. The topological polar surface area (TPSA) is 64.4 Å². The van der Waals surface area contributed by atoms with Gasteiger partial charge in [0.2, 0.25) is 0 Å². The number of carbonyl (C=O) groups excluding carboxylic acids is 2. The van der Waals surface area contributed by atoms with E-state index < -0.39 is 5.97 Å². The summed E-state index contributed by atoms with van der Waals surface area (Å²) in [4.78, 5) is 26.6.